The molecule has 0 spiro atoms. The van der Waals surface area contributed by atoms with Gasteiger partial charge in [0.15, 0.2) is 11.6 Å². The Morgan fingerprint density at radius 2 is 2.24 bits per heavy atom. The third-order valence-corrected chi connectivity index (χ3v) is 2.73. The molecule has 0 fully saturated rings. The fraction of sp³-hybridized carbons (Fsp3) is 0.308. The Morgan fingerprint density at radius 3 is 2.81 bits per heavy atom. The first-order valence-electron chi connectivity index (χ1n) is 6.18. The summed E-state index contributed by atoms with van der Waals surface area (Å²) in [4.78, 5) is 12.0. The van der Waals surface area contributed by atoms with Crippen molar-refractivity contribution in [1.29, 1.82) is 0 Å². The van der Waals surface area contributed by atoms with Crippen LogP contribution in [0.5, 0.6) is 5.75 Å². The maximum Gasteiger partial charge on any atom is 0.343 e. The fourth-order valence-corrected chi connectivity index (χ4v) is 1.78. The van der Waals surface area contributed by atoms with E-state index in [0.717, 1.165) is 0 Å². The monoisotopic (exact) mass is 295 g/mol. The highest BCUT2D eigenvalue weighted by molar-refractivity contribution is 5.94. The van der Waals surface area contributed by atoms with Crippen LogP contribution in [-0.4, -0.2) is 39.8 Å². The first-order valence-corrected chi connectivity index (χ1v) is 6.18. The number of esters is 1. The maximum atomic E-state index is 14.3. The van der Waals surface area contributed by atoms with E-state index in [1.807, 2.05) is 0 Å². The molecule has 0 radical (unpaired) electrons. The number of halogens is 1. The Bertz CT molecular complexity index is 657. The molecular formula is C13H14FN3O4. The number of methoxy groups -OCH3 is 1. The second kappa shape index (κ2) is 6.31. The summed E-state index contributed by atoms with van der Waals surface area (Å²) in [6, 6.07) is 2.83. The highest BCUT2D eigenvalue weighted by Gasteiger charge is 2.23. The Kier molecular flexibility index (Phi) is 4.49. The van der Waals surface area contributed by atoms with Gasteiger partial charge in [0.05, 0.1) is 32.2 Å². The topological polar surface area (TPSA) is 86.5 Å². The number of carbonyl (C=O) groups excluding carboxylic acids is 1. The number of ether oxygens (including phenoxy) is 2. The summed E-state index contributed by atoms with van der Waals surface area (Å²) in [6.45, 7) is 1.41. The van der Waals surface area contributed by atoms with Crippen LogP contribution in [0.3, 0.4) is 0 Å². The van der Waals surface area contributed by atoms with E-state index in [1.165, 1.54) is 30.1 Å². The second-order valence-electron chi connectivity index (χ2n) is 4.01. The predicted molar refractivity (Wildman–Crippen MR) is 69.7 cm³/mol. The smallest absolute Gasteiger partial charge is 0.343 e. The summed E-state index contributed by atoms with van der Waals surface area (Å²) in [5.41, 5.74) is 0.144. The van der Waals surface area contributed by atoms with E-state index in [4.69, 9.17) is 14.6 Å². The average molecular weight is 295 g/mol. The minimum Gasteiger partial charge on any atom is -0.494 e. The lowest BCUT2D eigenvalue weighted by molar-refractivity contribution is 0.0520. The van der Waals surface area contributed by atoms with Gasteiger partial charge in [-0.05, 0) is 19.1 Å². The summed E-state index contributed by atoms with van der Waals surface area (Å²) in [6.07, 6.45) is 1.39. The summed E-state index contributed by atoms with van der Waals surface area (Å²) in [5.74, 6) is -1.75. The number of aliphatic hydroxyl groups excluding tert-OH is 1. The molecule has 0 aliphatic heterocycles. The number of aliphatic hydroxyl groups is 1. The van der Waals surface area contributed by atoms with Crippen LogP contribution < -0.4 is 4.74 Å². The molecule has 0 atom stereocenters. The molecule has 0 saturated heterocycles. The van der Waals surface area contributed by atoms with Gasteiger partial charge in [0.1, 0.15) is 11.3 Å². The molecule has 1 N–H and O–H groups in total. The van der Waals surface area contributed by atoms with Crippen LogP contribution >= 0.6 is 0 Å². The van der Waals surface area contributed by atoms with E-state index < -0.39 is 11.8 Å². The van der Waals surface area contributed by atoms with Gasteiger partial charge in [0.25, 0.3) is 0 Å². The molecule has 1 aromatic carbocycles. The quantitative estimate of drug-likeness (QED) is 0.831. The molecule has 112 valence electrons. The van der Waals surface area contributed by atoms with Crippen LogP contribution in [0.2, 0.25) is 0 Å². The van der Waals surface area contributed by atoms with Gasteiger partial charge in [0, 0.05) is 0 Å². The lowest BCUT2D eigenvalue weighted by Crippen LogP contribution is -2.13. The van der Waals surface area contributed by atoms with Gasteiger partial charge >= 0.3 is 5.97 Å². The van der Waals surface area contributed by atoms with E-state index in [0.29, 0.717) is 5.69 Å². The Hall–Kier alpha value is -2.48. The normalized spacial score (nSPS) is 10.5. The number of benzene rings is 1. The van der Waals surface area contributed by atoms with E-state index in [2.05, 4.69) is 10.3 Å². The fourth-order valence-electron chi connectivity index (χ4n) is 1.78. The highest BCUT2D eigenvalue weighted by Crippen LogP contribution is 2.26. The van der Waals surface area contributed by atoms with E-state index in [1.54, 1.807) is 6.92 Å². The van der Waals surface area contributed by atoms with Crippen LogP contribution in [0.4, 0.5) is 4.39 Å². The zero-order valence-electron chi connectivity index (χ0n) is 11.5. The second-order valence-corrected chi connectivity index (χ2v) is 4.01. The van der Waals surface area contributed by atoms with Gasteiger partial charge in [0.2, 0.25) is 0 Å². The van der Waals surface area contributed by atoms with Gasteiger partial charge in [-0.15, -0.1) is 5.10 Å². The first-order chi connectivity index (χ1) is 10.1. The van der Waals surface area contributed by atoms with Crippen molar-refractivity contribution < 1.29 is 23.8 Å². The number of nitrogens with zero attached hydrogens (tertiary/aromatic N) is 3. The van der Waals surface area contributed by atoms with Crippen LogP contribution in [0.15, 0.2) is 18.3 Å². The van der Waals surface area contributed by atoms with Gasteiger partial charge < -0.3 is 14.6 Å². The molecule has 2 aromatic rings. The minimum absolute atomic E-state index is 0.0794. The van der Waals surface area contributed by atoms with E-state index >= 15 is 0 Å². The summed E-state index contributed by atoms with van der Waals surface area (Å²) < 4.78 is 25.3. The maximum absolute atomic E-state index is 14.3. The standard InChI is InChI=1S/C13H14FN3O4/c1-3-21-13(19)11-9(4-5-10(20-2)12(11)14)17-6-8(7-18)15-16-17/h4-6,18H,3,7H2,1-2H3. The summed E-state index contributed by atoms with van der Waals surface area (Å²) in [5, 5.41) is 16.4. The lowest BCUT2D eigenvalue weighted by Gasteiger charge is -2.11. The summed E-state index contributed by atoms with van der Waals surface area (Å²) >= 11 is 0. The molecule has 2 rings (SSSR count). The zero-order chi connectivity index (χ0) is 15.4. The molecule has 0 amide bonds. The SMILES string of the molecule is CCOC(=O)c1c(-n2cc(CO)nn2)ccc(OC)c1F. The number of hydrogen-bond donors (Lipinski definition) is 1. The number of carbonyl (C=O) groups is 1. The van der Waals surface area contributed by atoms with Crippen LogP contribution in [0.25, 0.3) is 5.69 Å². The van der Waals surface area contributed by atoms with Gasteiger partial charge in [-0.1, -0.05) is 5.21 Å². The Balaban J connectivity index is 2.59. The molecule has 0 aliphatic carbocycles. The Morgan fingerprint density at radius 1 is 1.48 bits per heavy atom. The molecule has 1 heterocycles. The molecule has 0 unspecified atom stereocenters. The molecule has 0 aliphatic rings. The molecule has 8 heteroatoms. The molecule has 0 bridgehead atoms. The van der Waals surface area contributed by atoms with E-state index in [-0.39, 0.29) is 30.2 Å². The van der Waals surface area contributed by atoms with Crippen molar-refractivity contribution in [1.82, 2.24) is 15.0 Å². The highest BCUT2D eigenvalue weighted by atomic mass is 19.1. The average Bonchev–Trinajstić information content (AvgIpc) is 2.95. The molecular weight excluding hydrogens is 281 g/mol. The summed E-state index contributed by atoms with van der Waals surface area (Å²) in [7, 11) is 1.30. The number of aromatic nitrogens is 3. The van der Waals surface area contributed by atoms with Gasteiger partial charge in [-0.2, -0.15) is 0 Å². The van der Waals surface area contributed by atoms with Crippen molar-refractivity contribution in [3.63, 3.8) is 0 Å². The van der Waals surface area contributed by atoms with Crippen molar-refractivity contribution in [2.45, 2.75) is 13.5 Å². The van der Waals surface area contributed by atoms with Crippen molar-refractivity contribution >= 4 is 5.97 Å². The van der Waals surface area contributed by atoms with Crippen LogP contribution in [0.1, 0.15) is 23.0 Å². The van der Waals surface area contributed by atoms with E-state index in [9.17, 15) is 9.18 Å². The Labute approximate surface area is 119 Å². The molecule has 7 nitrogen and oxygen atoms in total. The van der Waals surface area contributed by atoms with Crippen LogP contribution in [-0.2, 0) is 11.3 Å². The van der Waals surface area contributed by atoms with Crippen molar-refractivity contribution in [2.75, 3.05) is 13.7 Å². The first kappa shape index (κ1) is 14.9. The van der Waals surface area contributed by atoms with Crippen molar-refractivity contribution in [3.05, 3.63) is 35.4 Å². The lowest BCUT2D eigenvalue weighted by atomic mass is 10.1. The van der Waals surface area contributed by atoms with Crippen LogP contribution in [0, 0.1) is 5.82 Å². The van der Waals surface area contributed by atoms with Gasteiger partial charge in [-0.3, -0.25) is 0 Å². The van der Waals surface area contributed by atoms with Gasteiger partial charge in [-0.25, -0.2) is 13.9 Å². The third-order valence-electron chi connectivity index (χ3n) is 2.73. The minimum atomic E-state index is -0.838. The molecule has 21 heavy (non-hydrogen) atoms. The number of rotatable bonds is 5. The third kappa shape index (κ3) is 2.84. The van der Waals surface area contributed by atoms with Crippen molar-refractivity contribution in [2.24, 2.45) is 0 Å². The predicted octanol–water partition coefficient (Wildman–Crippen LogP) is 1.08. The van der Waals surface area contributed by atoms with Crippen molar-refractivity contribution in [3.8, 4) is 11.4 Å². The largest absolute Gasteiger partial charge is 0.494 e. The number of hydrogen-bond acceptors (Lipinski definition) is 6. The molecule has 1 aromatic heterocycles. The zero-order valence-corrected chi connectivity index (χ0v) is 11.5. The molecule has 0 saturated carbocycles.